The first-order chi connectivity index (χ1) is 13.5. The number of carbonyl (C=O) groups is 2. The molecule has 0 unspecified atom stereocenters. The van der Waals surface area contributed by atoms with Crippen LogP contribution in [0.2, 0.25) is 0 Å². The molecule has 2 heterocycles. The van der Waals surface area contributed by atoms with Gasteiger partial charge in [-0.15, -0.1) is 0 Å². The summed E-state index contributed by atoms with van der Waals surface area (Å²) in [5.41, 5.74) is 0.915. The van der Waals surface area contributed by atoms with Crippen LogP contribution in [0.15, 0.2) is 18.2 Å². The fraction of sp³-hybridized carbons (Fsp3) is 0.474. The summed E-state index contributed by atoms with van der Waals surface area (Å²) in [5.74, 6) is -1.29. The number of benzene rings is 1. The van der Waals surface area contributed by atoms with Crippen molar-refractivity contribution < 1.29 is 33.6 Å². The molecular formula is C19H27FN4O4+2. The first kappa shape index (κ1) is 20.2. The number of carbonyl (C=O) groups excluding carboxylic acids is 2. The molecule has 1 aromatic heterocycles. The number of fused-ring (bicyclic) bond motifs is 1. The van der Waals surface area contributed by atoms with Crippen LogP contribution in [0.3, 0.4) is 0 Å². The van der Waals surface area contributed by atoms with Crippen LogP contribution >= 0.6 is 0 Å². The molecule has 1 fully saturated rings. The lowest BCUT2D eigenvalue weighted by Crippen LogP contribution is -3.28. The maximum atomic E-state index is 13.7. The zero-order chi connectivity index (χ0) is 20.1. The van der Waals surface area contributed by atoms with Gasteiger partial charge >= 0.3 is 5.97 Å². The molecule has 1 aliphatic rings. The van der Waals surface area contributed by atoms with Crippen molar-refractivity contribution in [3.8, 4) is 0 Å². The average Bonchev–Trinajstić information content (AvgIpc) is 3.01. The summed E-state index contributed by atoms with van der Waals surface area (Å²) in [6, 6.07) is 4.10. The van der Waals surface area contributed by atoms with Gasteiger partial charge in [0.15, 0.2) is 6.54 Å². The second-order valence-electron chi connectivity index (χ2n) is 6.98. The highest BCUT2D eigenvalue weighted by molar-refractivity contribution is 6.11. The molecule has 152 valence electrons. The molecule has 1 aromatic carbocycles. The fourth-order valence-electron chi connectivity index (χ4n) is 3.60. The Hall–Kier alpha value is -2.49. The van der Waals surface area contributed by atoms with Gasteiger partial charge in [-0.1, -0.05) is 0 Å². The SMILES string of the molecule is CCOC(=O)c1[nH]c2ccc(F)cc2c1NC(=O)C[NH+]1CC[NH+](CCO)CC1. The molecule has 0 bridgehead atoms. The van der Waals surface area contributed by atoms with Crippen molar-refractivity contribution in [2.24, 2.45) is 0 Å². The minimum absolute atomic E-state index is 0.114. The number of aromatic amines is 1. The highest BCUT2D eigenvalue weighted by Crippen LogP contribution is 2.29. The number of hydrogen-bond acceptors (Lipinski definition) is 4. The van der Waals surface area contributed by atoms with E-state index < -0.39 is 11.8 Å². The molecule has 2 aromatic rings. The average molecular weight is 394 g/mol. The number of aliphatic hydroxyl groups excluding tert-OH is 1. The Morgan fingerprint density at radius 2 is 1.96 bits per heavy atom. The van der Waals surface area contributed by atoms with Crippen molar-refractivity contribution in [2.75, 3.05) is 57.8 Å². The minimum atomic E-state index is -0.594. The van der Waals surface area contributed by atoms with Gasteiger partial charge in [-0.2, -0.15) is 0 Å². The van der Waals surface area contributed by atoms with Gasteiger partial charge in [0.25, 0.3) is 5.91 Å². The third-order valence-corrected chi connectivity index (χ3v) is 5.04. The molecule has 28 heavy (non-hydrogen) atoms. The number of H-pyrrole nitrogens is 1. The van der Waals surface area contributed by atoms with Gasteiger partial charge in [0.05, 0.1) is 18.9 Å². The number of esters is 1. The van der Waals surface area contributed by atoms with E-state index >= 15 is 0 Å². The smallest absolute Gasteiger partial charge is 0.356 e. The van der Waals surface area contributed by atoms with E-state index in [-0.39, 0.29) is 37.0 Å². The molecule has 1 aliphatic heterocycles. The van der Waals surface area contributed by atoms with Gasteiger partial charge in [0, 0.05) is 10.9 Å². The van der Waals surface area contributed by atoms with E-state index in [9.17, 15) is 14.0 Å². The Bertz CT molecular complexity index is 846. The lowest BCUT2D eigenvalue weighted by molar-refractivity contribution is -1.01. The highest BCUT2D eigenvalue weighted by atomic mass is 19.1. The van der Waals surface area contributed by atoms with Crippen LogP contribution in [0.1, 0.15) is 17.4 Å². The summed E-state index contributed by atoms with van der Waals surface area (Å²) < 4.78 is 18.8. The number of amides is 1. The number of nitrogens with one attached hydrogen (secondary N) is 4. The van der Waals surface area contributed by atoms with Crippen LogP contribution in [0.4, 0.5) is 10.1 Å². The zero-order valence-corrected chi connectivity index (χ0v) is 15.9. The number of halogens is 1. The highest BCUT2D eigenvalue weighted by Gasteiger charge is 2.26. The van der Waals surface area contributed by atoms with Gasteiger partial charge < -0.3 is 29.9 Å². The van der Waals surface area contributed by atoms with Gasteiger partial charge in [-0.3, -0.25) is 4.79 Å². The van der Waals surface area contributed by atoms with Crippen LogP contribution < -0.4 is 15.1 Å². The number of aliphatic hydroxyl groups is 1. The molecule has 0 aliphatic carbocycles. The number of anilines is 1. The molecule has 0 radical (unpaired) electrons. The Morgan fingerprint density at radius 1 is 1.25 bits per heavy atom. The number of aromatic nitrogens is 1. The quantitative estimate of drug-likeness (QED) is 0.358. The third-order valence-electron chi connectivity index (χ3n) is 5.04. The van der Waals surface area contributed by atoms with Crippen LogP contribution in [0, 0.1) is 5.82 Å². The molecule has 0 spiro atoms. The van der Waals surface area contributed by atoms with Crippen molar-refractivity contribution in [3.05, 3.63) is 29.7 Å². The van der Waals surface area contributed by atoms with E-state index in [1.165, 1.54) is 23.1 Å². The van der Waals surface area contributed by atoms with Gasteiger partial charge in [0.1, 0.15) is 44.2 Å². The summed E-state index contributed by atoms with van der Waals surface area (Å²) in [6.45, 7) is 6.50. The van der Waals surface area contributed by atoms with Gasteiger partial charge in [-0.25, -0.2) is 9.18 Å². The van der Waals surface area contributed by atoms with Crippen molar-refractivity contribution in [1.29, 1.82) is 0 Å². The lowest BCUT2D eigenvalue weighted by atomic mass is 10.2. The molecule has 0 atom stereocenters. The number of ether oxygens (including phenoxy) is 1. The van der Waals surface area contributed by atoms with Crippen molar-refractivity contribution in [2.45, 2.75) is 6.92 Å². The summed E-state index contributed by atoms with van der Waals surface area (Å²) in [7, 11) is 0. The van der Waals surface area contributed by atoms with E-state index in [1.807, 2.05) is 0 Å². The predicted octanol–water partition coefficient (Wildman–Crippen LogP) is -1.80. The van der Waals surface area contributed by atoms with Crippen molar-refractivity contribution in [3.63, 3.8) is 0 Å². The summed E-state index contributed by atoms with van der Waals surface area (Å²) in [6.07, 6.45) is 0. The van der Waals surface area contributed by atoms with Crippen LogP contribution in [0.5, 0.6) is 0 Å². The Balaban J connectivity index is 1.73. The summed E-state index contributed by atoms with van der Waals surface area (Å²) in [4.78, 5) is 30.3. The summed E-state index contributed by atoms with van der Waals surface area (Å²) in [5, 5.41) is 12.2. The van der Waals surface area contributed by atoms with Gasteiger partial charge in [0.2, 0.25) is 0 Å². The molecule has 1 amide bonds. The minimum Gasteiger partial charge on any atom is -0.461 e. The topological polar surface area (TPSA) is 100 Å². The Kier molecular flexibility index (Phi) is 6.61. The fourth-order valence-corrected chi connectivity index (χ4v) is 3.60. The third kappa shape index (κ3) is 4.67. The van der Waals surface area contributed by atoms with E-state index in [0.717, 1.165) is 37.6 Å². The normalized spacial score (nSPS) is 19.5. The van der Waals surface area contributed by atoms with Crippen LogP contribution in [0.25, 0.3) is 10.9 Å². The molecule has 5 N–H and O–H groups in total. The van der Waals surface area contributed by atoms with E-state index in [4.69, 9.17) is 9.84 Å². The molecular weight excluding hydrogens is 367 g/mol. The van der Waals surface area contributed by atoms with Crippen molar-refractivity contribution in [1.82, 2.24) is 4.98 Å². The second-order valence-corrected chi connectivity index (χ2v) is 6.98. The molecule has 1 saturated heterocycles. The molecule has 8 nitrogen and oxygen atoms in total. The van der Waals surface area contributed by atoms with Crippen LogP contribution in [-0.4, -0.2) is 74.4 Å². The first-order valence-corrected chi connectivity index (χ1v) is 9.58. The molecule has 0 saturated carbocycles. The number of piperazine rings is 1. The molecule has 3 rings (SSSR count). The number of quaternary nitrogens is 2. The molecule has 9 heteroatoms. The monoisotopic (exact) mass is 394 g/mol. The largest absolute Gasteiger partial charge is 0.461 e. The Morgan fingerprint density at radius 3 is 2.64 bits per heavy atom. The Labute approximate surface area is 162 Å². The van der Waals surface area contributed by atoms with E-state index in [1.54, 1.807) is 6.92 Å². The standard InChI is InChI=1S/C19H25FN4O4/c1-2-28-19(27)18-17(14-11-13(20)3-4-15(14)21-18)22-16(26)12-24-7-5-23(6-8-24)9-10-25/h3-4,11,21,25H,2,5-10,12H2,1H3,(H,22,26)/p+2. The zero-order valence-electron chi connectivity index (χ0n) is 15.9. The number of rotatable bonds is 7. The maximum Gasteiger partial charge on any atom is 0.356 e. The van der Waals surface area contributed by atoms with Gasteiger partial charge in [-0.05, 0) is 25.1 Å². The van der Waals surface area contributed by atoms with Crippen LogP contribution in [-0.2, 0) is 9.53 Å². The van der Waals surface area contributed by atoms with E-state index in [2.05, 4.69) is 10.3 Å². The van der Waals surface area contributed by atoms with E-state index in [0.29, 0.717) is 10.9 Å². The van der Waals surface area contributed by atoms with Crippen molar-refractivity contribution >= 4 is 28.5 Å². The first-order valence-electron chi connectivity index (χ1n) is 9.58. The second kappa shape index (κ2) is 9.13. The summed E-state index contributed by atoms with van der Waals surface area (Å²) >= 11 is 0. The maximum absolute atomic E-state index is 13.7. The lowest BCUT2D eigenvalue weighted by Gasteiger charge is -2.28. The number of hydrogen-bond donors (Lipinski definition) is 5. The predicted molar refractivity (Wildman–Crippen MR) is 101 cm³/mol.